The van der Waals surface area contributed by atoms with E-state index in [-0.39, 0.29) is 50.7 Å². The number of rotatable bonds is 8. The Kier molecular flexibility index (Phi) is 16.9. The molecule has 0 unspecified atom stereocenters. The normalized spacial score (nSPS) is 10.7. The molecule has 0 N–H and O–H groups in total. The zero-order chi connectivity index (χ0) is 39.1. The SMILES string of the molecule is CCCCc1cc2c(-c3c4ccccc4cc4ccccc34)cccc2[cH-]1.CCCCc1cc2c(-c3c4ccccc4cc4ccccc34)cccc2[cH-]1.[CH2-]C[CH2-].[Cl-].[Cl-].[Hf]. The monoisotopic (exact) mass is 986 g/mol. The summed E-state index contributed by atoms with van der Waals surface area (Å²) in [6, 6.07) is 62.8. The van der Waals surface area contributed by atoms with Crippen LogP contribution in [-0.2, 0) is 38.7 Å². The molecule has 0 bridgehead atoms. The summed E-state index contributed by atoms with van der Waals surface area (Å²) in [6.45, 7) is 11.3. The average Bonchev–Trinajstić information content (AvgIpc) is 3.88. The first kappa shape index (κ1) is 46.5. The van der Waals surface area contributed by atoms with Crippen LogP contribution < -0.4 is 24.8 Å². The summed E-state index contributed by atoms with van der Waals surface area (Å²) in [5.41, 5.74) is 8.35. The van der Waals surface area contributed by atoms with Crippen LogP contribution in [-0.4, -0.2) is 0 Å². The van der Waals surface area contributed by atoms with Crippen LogP contribution in [0.2, 0.25) is 0 Å². The molecule has 0 spiro atoms. The van der Waals surface area contributed by atoms with Gasteiger partial charge in [-0.2, -0.15) is 12.1 Å². The number of hydrogen-bond acceptors (Lipinski definition) is 0. The van der Waals surface area contributed by atoms with Gasteiger partial charge >= 0.3 is 0 Å². The predicted molar refractivity (Wildman–Crippen MR) is 253 cm³/mol. The molecule has 0 saturated carbocycles. The second-order valence-electron chi connectivity index (χ2n) is 15.3. The maximum atomic E-state index is 3.38. The maximum absolute atomic E-state index is 3.38. The van der Waals surface area contributed by atoms with E-state index >= 15 is 0 Å². The van der Waals surface area contributed by atoms with E-state index in [0.717, 1.165) is 6.42 Å². The number of halogens is 2. The van der Waals surface area contributed by atoms with Gasteiger partial charge in [0.25, 0.3) is 0 Å². The molecule has 0 nitrogen and oxygen atoms in total. The van der Waals surface area contributed by atoms with Crippen molar-refractivity contribution in [3.8, 4) is 22.3 Å². The van der Waals surface area contributed by atoms with Crippen LogP contribution >= 0.6 is 0 Å². The van der Waals surface area contributed by atoms with E-state index in [1.807, 2.05) is 0 Å². The number of benzene rings is 8. The third-order valence-electron chi connectivity index (χ3n) is 11.3. The first-order chi connectivity index (χ1) is 28.1. The van der Waals surface area contributed by atoms with E-state index in [2.05, 4.69) is 198 Å². The van der Waals surface area contributed by atoms with Crippen LogP contribution in [0, 0.1) is 13.8 Å². The van der Waals surface area contributed by atoms with Gasteiger partial charge in [-0.1, -0.05) is 160 Å². The summed E-state index contributed by atoms with van der Waals surface area (Å²) >= 11 is 0. The van der Waals surface area contributed by atoms with Crippen molar-refractivity contribution in [3.05, 3.63) is 195 Å². The van der Waals surface area contributed by atoms with E-state index < -0.39 is 0 Å². The topological polar surface area (TPSA) is 0 Å². The van der Waals surface area contributed by atoms with Gasteiger partial charge in [0, 0.05) is 25.8 Å². The molecule has 0 aromatic heterocycles. The molecule has 10 aromatic carbocycles. The predicted octanol–water partition coefficient (Wildman–Crippen LogP) is 10.8. The minimum atomic E-state index is 0. The molecule has 0 heterocycles. The molecule has 304 valence electrons. The minimum Gasteiger partial charge on any atom is -1.00 e. The van der Waals surface area contributed by atoms with Gasteiger partial charge < -0.3 is 45.1 Å². The molecule has 10 aromatic rings. The molecule has 3 heteroatoms. The summed E-state index contributed by atoms with van der Waals surface area (Å²) in [7, 11) is 0. The van der Waals surface area contributed by atoms with Crippen molar-refractivity contribution >= 4 is 64.6 Å². The zero-order valence-corrected chi connectivity index (χ0v) is 39.9. The van der Waals surface area contributed by atoms with Crippen LogP contribution in [0.4, 0.5) is 0 Å². The molecule has 10 rings (SSSR count). The first-order valence-electron chi connectivity index (χ1n) is 20.9. The molecule has 0 aliphatic heterocycles. The standard InChI is InChI=1S/2C27H23.C3H6.2ClH.Hf/c2*1-2-3-9-19-16-20-12-8-15-25(26(20)17-19)27-23-13-6-4-10-21(23)18-22-11-5-7-14-24(22)27;1-3-2;;;/h2*4-8,10-18H,2-3,9H2,1H3;1-3H2;2*1H;/q2*-1;-2;;;/p-2. The Hall–Kier alpha value is -4.53. The summed E-state index contributed by atoms with van der Waals surface area (Å²) in [6.07, 6.45) is 8.07. The second-order valence-corrected chi connectivity index (χ2v) is 15.3. The van der Waals surface area contributed by atoms with Crippen molar-refractivity contribution in [2.45, 2.75) is 58.8 Å². The van der Waals surface area contributed by atoms with Gasteiger partial charge in [0.2, 0.25) is 0 Å². The molecular weight excluding hydrogens is 934 g/mol. The molecule has 0 radical (unpaired) electrons. The van der Waals surface area contributed by atoms with Gasteiger partial charge in [0.1, 0.15) is 0 Å². The van der Waals surface area contributed by atoms with Crippen LogP contribution in [0.1, 0.15) is 57.1 Å². The summed E-state index contributed by atoms with van der Waals surface area (Å²) in [5, 5.41) is 16.0. The summed E-state index contributed by atoms with van der Waals surface area (Å²) < 4.78 is 0. The molecule has 0 atom stereocenters. The molecule has 0 aliphatic carbocycles. The van der Waals surface area contributed by atoms with Gasteiger partial charge in [0.05, 0.1) is 0 Å². The third kappa shape index (κ3) is 9.66. The Bertz CT molecular complexity index is 2640. The molecule has 0 saturated heterocycles. The number of hydrogen-bond donors (Lipinski definition) is 0. The van der Waals surface area contributed by atoms with E-state index in [4.69, 9.17) is 0 Å². The smallest absolute Gasteiger partial charge is 0 e. The molecule has 60 heavy (non-hydrogen) atoms. The average molecular weight is 986 g/mol. The molecule has 0 fully saturated rings. The third-order valence-corrected chi connectivity index (χ3v) is 11.3. The quantitative estimate of drug-likeness (QED) is 0.0809. The largest absolute Gasteiger partial charge is 1.00 e. The van der Waals surface area contributed by atoms with Crippen molar-refractivity contribution < 1.29 is 50.7 Å². The minimum absolute atomic E-state index is 0. The zero-order valence-electron chi connectivity index (χ0n) is 34.8. The number of fused-ring (bicyclic) bond motifs is 6. The van der Waals surface area contributed by atoms with Gasteiger partial charge in [-0.25, -0.2) is 0 Å². The van der Waals surface area contributed by atoms with E-state index in [0.29, 0.717) is 0 Å². The van der Waals surface area contributed by atoms with Gasteiger partial charge in [-0.05, 0) is 79.2 Å². The van der Waals surface area contributed by atoms with Crippen LogP contribution in [0.5, 0.6) is 0 Å². The maximum Gasteiger partial charge on any atom is 0 e. The van der Waals surface area contributed by atoms with Crippen molar-refractivity contribution in [2.24, 2.45) is 0 Å². The van der Waals surface area contributed by atoms with Crippen molar-refractivity contribution in [3.63, 3.8) is 0 Å². The van der Waals surface area contributed by atoms with Crippen molar-refractivity contribution in [1.82, 2.24) is 0 Å². The van der Waals surface area contributed by atoms with Crippen molar-refractivity contribution in [1.29, 1.82) is 0 Å². The fourth-order valence-electron chi connectivity index (χ4n) is 8.69. The van der Waals surface area contributed by atoms with Gasteiger partial charge in [0.15, 0.2) is 0 Å². The number of unbranched alkanes of at least 4 members (excludes halogenated alkanes) is 2. The molecule has 0 aliphatic rings. The van der Waals surface area contributed by atoms with Crippen LogP contribution in [0.15, 0.2) is 170 Å². The Balaban J connectivity index is 0.000000204. The summed E-state index contributed by atoms with van der Waals surface area (Å²) in [5.74, 6) is 0. The van der Waals surface area contributed by atoms with E-state index in [9.17, 15) is 0 Å². The number of aryl methyl sites for hydroxylation is 2. The Morgan fingerprint density at radius 3 is 1.03 bits per heavy atom. The van der Waals surface area contributed by atoms with Crippen LogP contribution in [0.25, 0.3) is 86.9 Å². The van der Waals surface area contributed by atoms with Gasteiger partial charge in [-0.3, -0.25) is 0 Å². The Labute approximate surface area is 388 Å². The first-order valence-corrected chi connectivity index (χ1v) is 20.9. The van der Waals surface area contributed by atoms with Crippen molar-refractivity contribution in [2.75, 3.05) is 0 Å². The Morgan fingerprint density at radius 2 is 0.717 bits per heavy atom. The van der Waals surface area contributed by atoms with Gasteiger partial charge in [-0.15, -0.1) is 69.1 Å². The molecule has 0 amide bonds. The second kappa shape index (κ2) is 21.8. The van der Waals surface area contributed by atoms with Crippen LogP contribution in [0.3, 0.4) is 0 Å². The fourth-order valence-corrected chi connectivity index (χ4v) is 8.69. The van der Waals surface area contributed by atoms with E-state index in [1.54, 1.807) is 0 Å². The molecular formula is C57H52Cl2Hf-6. The fraction of sp³-hybridized carbons (Fsp3) is 0.158. The Morgan fingerprint density at radius 1 is 0.400 bits per heavy atom. The van der Waals surface area contributed by atoms with E-state index in [1.165, 1.54) is 137 Å². The summed E-state index contributed by atoms with van der Waals surface area (Å²) in [4.78, 5) is 0.